The van der Waals surface area contributed by atoms with Crippen LogP contribution in [-0.2, 0) is 6.54 Å². The summed E-state index contributed by atoms with van der Waals surface area (Å²) >= 11 is 7.66. The third-order valence-corrected chi connectivity index (χ3v) is 4.38. The van der Waals surface area contributed by atoms with Gasteiger partial charge in [-0.25, -0.2) is 4.98 Å². The number of nitrogens with one attached hydrogen (secondary N) is 1. The van der Waals surface area contributed by atoms with Crippen molar-refractivity contribution in [1.82, 2.24) is 10.3 Å². The molecule has 4 heteroatoms. The van der Waals surface area contributed by atoms with Crippen molar-refractivity contribution in [2.24, 2.45) is 0 Å². The molecular formula is C10H15ClN2S. The molecule has 0 amide bonds. The van der Waals surface area contributed by atoms with Crippen molar-refractivity contribution in [2.45, 2.75) is 38.8 Å². The Bertz CT molecular complexity index is 311. The van der Waals surface area contributed by atoms with Gasteiger partial charge < -0.3 is 5.32 Å². The Morgan fingerprint density at radius 2 is 2.21 bits per heavy atom. The summed E-state index contributed by atoms with van der Waals surface area (Å²) in [6.07, 6.45) is 2.42. The molecule has 1 aliphatic carbocycles. The molecule has 1 fully saturated rings. The first kappa shape index (κ1) is 10.4. The molecule has 1 aromatic rings. The van der Waals surface area contributed by atoms with E-state index in [4.69, 9.17) is 11.6 Å². The highest BCUT2D eigenvalue weighted by atomic mass is 35.5. The first-order valence-corrected chi connectivity index (χ1v) is 6.24. The van der Waals surface area contributed by atoms with Crippen molar-refractivity contribution in [3.8, 4) is 0 Å². The van der Waals surface area contributed by atoms with Crippen LogP contribution in [0.3, 0.4) is 0 Å². The fourth-order valence-corrected chi connectivity index (χ4v) is 2.62. The fraction of sp³-hybridized carbons (Fsp3) is 0.700. The molecule has 0 unspecified atom stereocenters. The number of alkyl halides is 1. The third kappa shape index (κ3) is 2.10. The Balaban J connectivity index is 1.92. The van der Waals surface area contributed by atoms with Gasteiger partial charge in [0.1, 0.15) is 5.01 Å². The lowest BCUT2D eigenvalue weighted by atomic mass is 10.3. The number of hydrogen-bond donors (Lipinski definition) is 1. The minimum atomic E-state index is 0.231. The number of aromatic nitrogens is 1. The van der Waals surface area contributed by atoms with Gasteiger partial charge in [-0.2, -0.15) is 0 Å². The van der Waals surface area contributed by atoms with Crippen molar-refractivity contribution in [2.75, 3.05) is 5.88 Å². The average molecular weight is 231 g/mol. The van der Waals surface area contributed by atoms with E-state index in [2.05, 4.69) is 24.1 Å². The zero-order valence-electron chi connectivity index (χ0n) is 8.56. The first-order chi connectivity index (χ1) is 6.65. The Morgan fingerprint density at radius 3 is 2.64 bits per heavy atom. The standard InChI is InChI=1S/C10H15ClN2S/c1-7-8(2)14-9(13-7)5-12-10(6-11)3-4-10/h12H,3-6H2,1-2H3. The predicted octanol–water partition coefficient (Wildman–Crippen LogP) is 2.62. The quantitative estimate of drug-likeness (QED) is 0.805. The van der Waals surface area contributed by atoms with Crippen molar-refractivity contribution in [1.29, 1.82) is 0 Å². The molecular weight excluding hydrogens is 216 g/mol. The first-order valence-electron chi connectivity index (χ1n) is 4.89. The lowest BCUT2D eigenvalue weighted by molar-refractivity contribution is 0.541. The van der Waals surface area contributed by atoms with E-state index in [1.54, 1.807) is 11.3 Å². The average Bonchev–Trinajstić information content (AvgIpc) is 2.88. The van der Waals surface area contributed by atoms with Crippen LogP contribution in [0.4, 0.5) is 0 Å². The van der Waals surface area contributed by atoms with E-state index in [-0.39, 0.29) is 5.54 Å². The van der Waals surface area contributed by atoms with Gasteiger partial charge in [-0.05, 0) is 26.7 Å². The van der Waals surface area contributed by atoms with Crippen molar-refractivity contribution < 1.29 is 0 Å². The third-order valence-electron chi connectivity index (χ3n) is 2.80. The van der Waals surface area contributed by atoms with Gasteiger partial charge in [0.15, 0.2) is 0 Å². The summed E-state index contributed by atoms with van der Waals surface area (Å²) in [7, 11) is 0. The molecule has 14 heavy (non-hydrogen) atoms. The molecule has 0 atom stereocenters. The van der Waals surface area contributed by atoms with Gasteiger partial charge in [0, 0.05) is 22.8 Å². The molecule has 1 saturated carbocycles. The van der Waals surface area contributed by atoms with E-state index in [1.807, 2.05) is 0 Å². The molecule has 0 aliphatic heterocycles. The molecule has 2 rings (SSSR count). The SMILES string of the molecule is Cc1nc(CNC2(CCl)CC2)sc1C. The number of hydrogen-bond acceptors (Lipinski definition) is 3. The summed E-state index contributed by atoms with van der Waals surface area (Å²) in [4.78, 5) is 5.81. The van der Waals surface area contributed by atoms with Crippen LogP contribution in [0.2, 0.25) is 0 Å². The molecule has 1 aromatic heterocycles. The van der Waals surface area contributed by atoms with Crippen LogP contribution >= 0.6 is 22.9 Å². The molecule has 1 N–H and O–H groups in total. The van der Waals surface area contributed by atoms with Gasteiger partial charge in [0.2, 0.25) is 0 Å². The number of nitrogens with zero attached hydrogens (tertiary/aromatic N) is 1. The second kappa shape index (κ2) is 3.80. The number of halogens is 1. The van der Waals surface area contributed by atoms with Crippen LogP contribution in [0, 0.1) is 13.8 Å². The second-order valence-electron chi connectivity index (χ2n) is 4.02. The fourth-order valence-electron chi connectivity index (χ4n) is 1.39. The zero-order valence-corrected chi connectivity index (χ0v) is 10.1. The number of thiazole rings is 1. The van der Waals surface area contributed by atoms with Gasteiger partial charge in [0.25, 0.3) is 0 Å². The zero-order chi connectivity index (χ0) is 10.2. The summed E-state index contributed by atoms with van der Waals surface area (Å²) in [5.74, 6) is 0.719. The van der Waals surface area contributed by atoms with Gasteiger partial charge in [-0.1, -0.05) is 0 Å². The van der Waals surface area contributed by atoms with E-state index in [9.17, 15) is 0 Å². The molecule has 1 heterocycles. The lowest BCUT2D eigenvalue weighted by Crippen LogP contribution is -2.32. The summed E-state index contributed by atoms with van der Waals surface area (Å²) < 4.78 is 0. The van der Waals surface area contributed by atoms with Crippen LogP contribution in [0.1, 0.15) is 28.4 Å². The molecule has 0 saturated heterocycles. The Hall–Kier alpha value is -0.120. The molecule has 0 radical (unpaired) electrons. The maximum absolute atomic E-state index is 5.88. The van der Waals surface area contributed by atoms with Crippen molar-refractivity contribution in [3.63, 3.8) is 0 Å². The Kier molecular flexibility index (Phi) is 2.82. The number of aryl methyl sites for hydroxylation is 2. The van der Waals surface area contributed by atoms with Crippen LogP contribution in [0.25, 0.3) is 0 Å². The highest BCUT2D eigenvalue weighted by Gasteiger charge is 2.41. The predicted molar refractivity (Wildman–Crippen MR) is 61.1 cm³/mol. The molecule has 78 valence electrons. The maximum Gasteiger partial charge on any atom is 0.107 e. The summed E-state index contributed by atoms with van der Waals surface area (Å²) in [5, 5.41) is 4.67. The van der Waals surface area contributed by atoms with Gasteiger partial charge in [-0.3, -0.25) is 0 Å². The second-order valence-corrected chi connectivity index (χ2v) is 5.57. The molecule has 1 aliphatic rings. The van der Waals surface area contributed by atoms with Gasteiger partial charge in [0.05, 0.1) is 5.69 Å². The van der Waals surface area contributed by atoms with Crippen LogP contribution in [0.5, 0.6) is 0 Å². The number of rotatable bonds is 4. The van der Waals surface area contributed by atoms with Crippen molar-refractivity contribution >= 4 is 22.9 Å². The molecule has 0 spiro atoms. The monoisotopic (exact) mass is 230 g/mol. The van der Waals surface area contributed by atoms with Gasteiger partial charge >= 0.3 is 0 Å². The lowest BCUT2D eigenvalue weighted by Gasteiger charge is -2.11. The van der Waals surface area contributed by atoms with E-state index < -0.39 is 0 Å². The largest absolute Gasteiger partial charge is 0.304 e. The minimum absolute atomic E-state index is 0.231. The normalized spacial score (nSPS) is 18.5. The smallest absolute Gasteiger partial charge is 0.107 e. The maximum atomic E-state index is 5.88. The van der Waals surface area contributed by atoms with E-state index in [0.29, 0.717) is 0 Å². The molecule has 0 bridgehead atoms. The summed E-state index contributed by atoms with van der Waals surface area (Å²) in [5.41, 5.74) is 1.39. The summed E-state index contributed by atoms with van der Waals surface area (Å²) in [6, 6.07) is 0. The van der Waals surface area contributed by atoms with E-state index in [0.717, 1.165) is 18.1 Å². The van der Waals surface area contributed by atoms with E-state index in [1.165, 1.54) is 22.7 Å². The molecule has 2 nitrogen and oxygen atoms in total. The van der Waals surface area contributed by atoms with Crippen LogP contribution < -0.4 is 5.32 Å². The van der Waals surface area contributed by atoms with E-state index >= 15 is 0 Å². The Labute approximate surface area is 93.7 Å². The summed E-state index contributed by atoms with van der Waals surface area (Å²) in [6.45, 7) is 5.04. The van der Waals surface area contributed by atoms with Crippen LogP contribution in [-0.4, -0.2) is 16.4 Å². The minimum Gasteiger partial charge on any atom is -0.304 e. The highest BCUT2D eigenvalue weighted by Crippen LogP contribution is 2.36. The topological polar surface area (TPSA) is 24.9 Å². The highest BCUT2D eigenvalue weighted by molar-refractivity contribution is 7.11. The Morgan fingerprint density at radius 1 is 1.50 bits per heavy atom. The van der Waals surface area contributed by atoms with Gasteiger partial charge in [-0.15, -0.1) is 22.9 Å². The van der Waals surface area contributed by atoms with Crippen LogP contribution in [0.15, 0.2) is 0 Å². The molecule has 0 aromatic carbocycles. The van der Waals surface area contributed by atoms with Crippen molar-refractivity contribution in [3.05, 3.63) is 15.6 Å².